The van der Waals surface area contributed by atoms with E-state index in [0.29, 0.717) is 13.1 Å². The maximum atomic E-state index is 12.3. The SMILES string of the molecule is Cc1c(N)c(OCC(F)(F)F)nc(NCCN(C)C)c1[N+](=O)[O-]. The molecule has 1 rings (SSSR count). The van der Waals surface area contributed by atoms with Crippen LogP contribution >= 0.6 is 0 Å². The number of nitrogen functional groups attached to an aromatic ring is 1. The van der Waals surface area contributed by atoms with E-state index in [1.807, 2.05) is 4.90 Å². The normalized spacial score (nSPS) is 11.6. The van der Waals surface area contributed by atoms with E-state index >= 15 is 0 Å². The van der Waals surface area contributed by atoms with Crippen LogP contribution in [0.3, 0.4) is 0 Å². The van der Waals surface area contributed by atoms with Crippen LogP contribution in [-0.4, -0.2) is 54.8 Å². The molecule has 0 aromatic carbocycles. The van der Waals surface area contributed by atoms with Gasteiger partial charge in [-0.3, -0.25) is 10.1 Å². The Morgan fingerprint density at radius 2 is 2.04 bits per heavy atom. The van der Waals surface area contributed by atoms with Crippen molar-refractivity contribution in [2.45, 2.75) is 13.1 Å². The molecule has 0 aliphatic rings. The monoisotopic (exact) mass is 337 g/mol. The Kier molecular flexibility index (Phi) is 5.96. The van der Waals surface area contributed by atoms with E-state index < -0.39 is 23.6 Å². The molecule has 0 amide bonds. The standard InChI is InChI=1S/C12H18F3N5O3/c1-7-8(16)11(23-6-12(13,14)15)18-10(9(7)20(21)22)17-4-5-19(2)3/h4-6,16H2,1-3H3,(H,17,18). The maximum Gasteiger partial charge on any atom is 0.422 e. The van der Waals surface area contributed by atoms with Gasteiger partial charge in [-0.15, -0.1) is 0 Å². The largest absolute Gasteiger partial charge is 0.466 e. The van der Waals surface area contributed by atoms with Crippen molar-refractivity contribution in [2.24, 2.45) is 0 Å². The number of nitrogens with two attached hydrogens (primary N) is 1. The fourth-order valence-electron chi connectivity index (χ4n) is 1.69. The summed E-state index contributed by atoms with van der Waals surface area (Å²) in [6, 6.07) is 0. The number of pyridine rings is 1. The average Bonchev–Trinajstić information content (AvgIpc) is 2.39. The van der Waals surface area contributed by atoms with Gasteiger partial charge >= 0.3 is 11.9 Å². The van der Waals surface area contributed by atoms with Crippen LogP contribution in [0.2, 0.25) is 0 Å². The summed E-state index contributed by atoms with van der Waals surface area (Å²) in [7, 11) is 3.60. The van der Waals surface area contributed by atoms with E-state index in [1.165, 1.54) is 6.92 Å². The second-order valence-electron chi connectivity index (χ2n) is 5.04. The van der Waals surface area contributed by atoms with Crippen molar-refractivity contribution in [1.29, 1.82) is 0 Å². The zero-order valence-electron chi connectivity index (χ0n) is 12.9. The molecule has 0 saturated heterocycles. The Labute approximate surface area is 130 Å². The van der Waals surface area contributed by atoms with Crippen LogP contribution in [-0.2, 0) is 0 Å². The Bertz CT molecular complexity index is 578. The number of likely N-dealkylation sites (N-methyl/N-ethyl adjacent to an activating group) is 1. The van der Waals surface area contributed by atoms with Gasteiger partial charge in [0.1, 0.15) is 5.69 Å². The number of aromatic nitrogens is 1. The molecule has 23 heavy (non-hydrogen) atoms. The molecular formula is C12H18F3N5O3. The zero-order valence-corrected chi connectivity index (χ0v) is 12.9. The van der Waals surface area contributed by atoms with Gasteiger partial charge in [0.25, 0.3) is 0 Å². The predicted molar refractivity (Wildman–Crippen MR) is 78.6 cm³/mol. The molecule has 1 aromatic rings. The van der Waals surface area contributed by atoms with Crippen LogP contribution in [0.25, 0.3) is 0 Å². The second-order valence-corrected chi connectivity index (χ2v) is 5.04. The number of hydrogen-bond acceptors (Lipinski definition) is 7. The highest BCUT2D eigenvalue weighted by Crippen LogP contribution is 2.36. The maximum absolute atomic E-state index is 12.3. The lowest BCUT2D eigenvalue weighted by molar-refractivity contribution is -0.384. The summed E-state index contributed by atoms with van der Waals surface area (Å²) in [5, 5.41) is 13.9. The molecule has 0 unspecified atom stereocenters. The van der Waals surface area contributed by atoms with Crippen molar-refractivity contribution in [3.05, 3.63) is 15.7 Å². The summed E-state index contributed by atoms with van der Waals surface area (Å²) in [6.45, 7) is 0.592. The van der Waals surface area contributed by atoms with Gasteiger partial charge in [-0.2, -0.15) is 18.2 Å². The van der Waals surface area contributed by atoms with E-state index in [-0.39, 0.29) is 22.8 Å². The van der Waals surface area contributed by atoms with Crippen molar-refractivity contribution in [1.82, 2.24) is 9.88 Å². The van der Waals surface area contributed by atoms with Gasteiger partial charge in [0, 0.05) is 13.1 Å². The number of nitrogens with zero attached hydrogens (tertiary/aromatic N) is 3. The predicted octanol–water partition coefficient (Wildman–Crippen LogP) is 1.80. The molecule has 0 atom stereocenters. The molecule has 0 aliphatic heterocycles. The van der Waals surface area contributed by atoms with Gasteiger partial charge < -0.3 is 20.7 Å². The summed E-state index contributed by atoms with van der Waals surface area (Å²) < 4.78 is 41.3. The molecule has 0 fully saturated rings. The van der Waals surface area contributed by atoms with E-state index in [2.05, 4.69) is 15.0 Å². The fraction of sp³-hybridized carbons (Fsp3) is 0.583. The lowest BCUT2D eigenvalue weighted by Crippen LogP contribution is -2.23. The lowest BCUT2D eigenvalue weighted by Gasteiger charge is -2.15. The van der Waals surface area contributed by atoms with Crippen LogP contribution in [0.15, 0.2) is 0 Å². The molecule has 0 spiro atoms. The fourth-order valence-corrected chi connectivity index (χ4v) is 1.69. The molecule has 1 heterocycles. The Morgan fingerprint density at radius 1 is 1.43 bits per heavy atom. The highest BCUT2D eigenvalue weighted by Gasteiger charge is 2.31. The highest BCUT2D eigenvalue weighted by atomic mass is 19.4. The van der Waals surface area contributed by atoms with Crippen LogP contribution in [0.5, 0.6) is 5.88 Å². The van der Waals surface area contributed by atoms with Crippen molar-refractivity contribution in [3.63, 3.8) is 0 Å². The number of halogens is 3. The van der Waals surface area contributed by atoms with Gasteiger partial charge in [-0.25, -0.2) is 0 Å². The Morgan fingerprint density at radius 3 is 2.52 bits per heavy atom. The van der Waals surface area contributed by atoms with Gasteiger partial charge in [0.2, 0.25) is 11.7 Å². The minimum absolute atomic E-state index is 0.00507. The first-order valence-corrected chi connectivity index (χ1v) is 6.55. The first kappa shape index (κ1) is 18.7. The topological polar surface area (TPSA) is 107 Å². The van der Waals surface area contributed by atoms with Gasteiger partial charge in [-0.05, 0) is 21.0 Å². The average molecular weight is 337 g/mol. The van der Waals surface area contributed by atoms with Crippen molar-refractivity contribution in [3.8, 4) is 5.88 Å². The molecule has 3 N–H and O–H groups in total. The molecule has 0 bridgehead atoms. The minimum Gasteiger partial charge on any atom is -0.466 e. The molecule has 0 saturated carbocycles. The molecule has 8 nitrogen and oxygen atoms in total. The summed E-state index contributed by atoms with van der Waals surface area (Å²) in [4.78, 5) is 16.0. The van der Waals surface area contributed by atoms with Crippen LogP contribution in [0.1, 0.15) is 5.56 Å². The summed E-state index contributed by atoms with van der Waals surface area (Å²) >= 11 is 0. The van der Waals surface area contributed by atoms with Gasteiger partial charge in [0.15, 0.2) is 6.61 Å². The molecule has 11 heteroatoms. The highest BCUT2D eigenvalue weighted by molar-refractivity contribution is 5.72. The van der Waals surface area contributed by atoms with Gasteiger partial charge in [-0.1, -0.05) is 0 Å². The smallest absolute Gasteiger partial charge is 0.422 e. The molecule has 0 radical (unpaired) electrons. The van der Waals surface area contributed by atoms with E-state index in [0.717, 1.165) is 0 Å². The molecular weight excluding hydrogens is 319 g/mol. The number of alkyl halides is 3. The molecule has 1 aromatic heterocycles. The third-order valence-electron chi connectivity index (χ3n) is 2.83. The number of ether oxygens (including phenoxy) is 1. The third kappa shape index (κ3) is 5.43. The van der Waals surface area contributed by atoms with Crippen molar-refractivity contribution in [2.75, 3.05) is 44.8 Å². The quantitative estimate of drug-likeness (QED) is 0.577. The van der Waals surface area contributed by atoms with E-state index in [1.54, 1.807) is 14.1 Å². The number of anilines is 2. The molecule has 130 valence electrons. The lowest BCUT2D eigenvalue weighted by atomic mass is 10.2. The van der Waals surface area contributed by atoms with Crippen LogP contribution < -0.4 is 15.8 Å². The number of nitrogens with one attached hydrogen (secondary N) is 1. The van der Waals surface area contributed by atoms with Crippen molar-refractivity contribution < 1.29 is 22.8 Å². The van der Waals surface area contributed by atoms with E-state index in [4.69, 9.17) is 5.73 Å². The summed E-state index contributed by atoms with van der Waals surface area (Å²) in [5.41, 5.74) is 4.92. The number of rotatable bonds is 7. The minimum atomic E-state index is -4.57. The number of hydrogen-bond donors (Lipinski definition) is 2. The Balaban J connectivity index is 3.13. The van der Waals surface area contributed by atoms with Crippen molar-refractivity contribution >= 4 is 17.2 Å². The third-order valence-corrected chi connectivity index (χ3v) is 2.83. The zero-order chi connectivity index (χ0) is 17.8. The second kappa shape index (κ2) is 7.31. The summed E-state index contributed by atoms with van der Waals surface area (Å²) in [6.07, 6.45) is -4.57. The van der Waals surface area contributed by atoms with E-state index in [9.17, 15) is 23.3 Å². The number of nitro groups is 1. The van der Waals surface area contributed by atoms with Gasteiger partial charge in [0.05, 0.1) is 10.5 Å². The first-order valence-electron chi connectivity index (χ1n) is 6.55. The Hall–Kier alpha value is -2.30. The first-order chi connectivity index (χ1) is 10.5. The summed E-state index contributed by atoms with van der Waals surface area (Å²) in [5.74, 6) is -0.668. The molecule has 0 aliphatic carbocycles. The van der Waals surface area contributed by atoms with Crippen LogP contribution in [0.4, 0.5) is 30.4 Å². The van der Waals surface area contributed by atoms with Crippen LogP contribution in [0, 0.1) is 17.0 Å².